The van der Waals surface area contributed by atoms with Gasteiger partial charge in [0, 0.05) is 32.4 Å². The van der Waals surface area contributed by atoms with Crippen LogP contribution in [0, 0.1) is 5.92 Å². The number of pyridine rings is 1. The summed E-state index contributed by atoms with van der Waals surface area (Å²) in [6.07, 6.45) is 6.95. The van der Waals surface area contributed by atoms with Crippen molar-refractivity contribution in [2.24, 2.45) is 10.9 Å². The number of halogens is 1. The van der Waals surface area contributed by atoms with E-state index in [1.54, 1.807) is 14.2 Å². The molecule has 0 radical (unpaired) electrons. The molecule has 2 fully saturated rings. The van der Waals surface area contributed by atoms with Crippen LogP contribution < -0.4 is 20.1 Å². The number of benzene rings is 1. The van der Waals surface area contributed by atoms with Gasteiger partial charge in [-0.25, -0.2) is 4.98 Å². The number of likely N-dealkylation sites (tertiary alicyclic amines) is 1. The van der Waals surface area contributed by atoms with Crippen LogP contribution in [0.3, 0.4) is 0 Å². The summed E-state index contributed by atoms with van der Waals surface area (Å²) in [7, 11) is 3.51. The van der Waals surface area contributed by atoms with E-state index in [1.165, 1.54) is 31.2 Å². The Kier molecular flexibility index (Phi) is 10.1. The molecule has 2 aromatic rings. The Morgan fingerprint density at radius 1 is 1.12 bits per heavy atom. The van der Waals surface area contributed by atoms with Gasteiger partial charge < -0.3 is 20.1 Å². The lowest BCUT2D eigenvalue weighted by molar-refractivity contribution is 0.245. The van der Waals surface area contributed by atoms with Crippen LogP contribution in [0.1, 0.15) is 42.9 Å². The summed E-state index contributed by atoms with van der Waals surface area (Å²) in [5.74, 6) is 3.11. The van der Waals surface area contributed by atoms with Crippen molar-refractivity contribution in [2.45, 2.75) is 38.3 Å². The zero-order valence-electron chi connectivity index (χ0n) is 19.6. The number of ether oxygens (including phenoxy) is 2. The Morgan fingerprint density at radius 3 is 2.48 bits per heavy atom. The van der Waals surface area contributed by atoms with Crippen molar-refractivity contribution in [1.82, 2.24) is 20.5 Å². The molecule has 1 saturated heterocycles. The molecule has 2 aliphatic rings. The molecule has 2 N–H and O–H groups in total. The standard InChI is InChI=1S/C25H35N5O2.HI/c1-26-25(28-16-20-7-12-24(27-15-20)32-18-19-5-6-19)29-17-23(30-13-3-4-14-30)21-8-10-22(31-2)11-9-21;/h7-12,15,19,23H,3-6,13-14,16-18H2,1-2H3,(H2,26,28,29);1H. The van der Waals surface area contributed by atoms with Crippen molar-refractivity contribution in [3.8, 4) is 11.6 Å². The van der Waals surface area contributed by atoms with Crippen LogP contribution in [0.2, 0.25) is 0 Å². The third kappa shape index (κ3) is 7.74. The smallest absolute Gasteiger partial charge is 0.213 e. The van der Waals surface area contributed by atoms with E-state index in [0.717, 1.165) is 49.4 Å². The van der Waals surface area contributed by atoms with Crippen LogP contribution in [-0.2, 0) is 6.54 Å². The van der Waals surface area contributed by atoms with Crippen LogP contribution in [0.15, 0.2) is 47.6 Å². The maximum atomic E-state index is 5.72. The van der Waals surface area contributed by atoms with Gasteiger partial charge in [-0.15, -0.1) is 24.0 Å². The molecular formula is C25H36IN5O2. The molecule has 4 rings (SSSR count). The highest BCUT2D eigenvalue weighted by molar-refractivity contribution is 14.0. The predicted octanol–water partition coefficient (Wildman–Crippen LogP) is 4.00. The first-order chi connectivity index (χ1) is 15.7. The first-order valence-corrected chi connectivity index (χ1v) is 11.7. The molecule has 1 aliphatic heterocycles. The van der Waals surface area contributed by atoms with Crippen LogP contribution in [0.25, 0.3) is 0 Å². The average Bonchev–Trinajstić information content (AvgIpc) is 3.52. The maximum Gasteiger partial charge on any atom is 0.213 e. The van der Waals surface area contributed by atoms with Crippen molar-refractivity contribution in [2.75, 3.05) is 40.4 Å². The Labute approximate surface area is 214 Å². The Bertz CT molecular complexity index is 865. The molecule has 1 aliphatic carbocycles. The fourth-order valence-electron chi connectivity index (χ4n) is 4.03. The van der Waals surface area contributed by atoms with Crippen LogP contribution >= 0.6 is 24.0 Å². The molecule has 1 aromatic carbocycles. The lowest BCUT2D eigenvalue weighted by Crippen LogP contribution is -2.42. The first kappa shape index (κ1) is 25.6. The van der Waals surface area contributed by atoms with Gasteiger partial charge in [0.05, 0.1) is 19.8 Å². The summed E-state index contributed by atoms with van der Waals surface area (Å²) >= 11 is 0. The van der Waals surface area contributed by atoms with E-state index in [9.17, 15) is 0 Å². The van der Waals surface area contributed by atoms with Crippen LogP contribution in [0.5, 0.6) is 11.6 Å². The van der Waals surface area contributed by atoms with Crippen molar-refractivity contribution in [3.63, 3.8) is 0 Å². The molecule has 0 amide bonds. The highest BCUT2D eigenvalue weighted by Gasteiger charge is 2.24. The number of methoxy groups -OCH3 is 1. The number of hydrogen-bond donors (Lipinski definition) is 2. The highest BCUT2D eigenvalue weighted by Crippen LogP contribution is 2.29. The quantitative estimate of drug-likeness (QED) is 0.258. The minimum atomic E-state index is 0. The zero-order chi connectivity index (χ0) is 22.2. The van der Waals surface area contributed by atoms with Gasteiger partial charge >= 0.3 is 0 Å². The van der Waals surface area contributed by atoms with E-state index >= 15 is 0 Å². The first-order valence-electron chi connectivity index (χ1n) is 11.7. The highest BCUT2D eigenvalue weighted by atomic mass is 127. The van der Waals surface area contributed by atoms with E-state index in [-0.39, 0.29) is 24.0 Å². The molecule has 2 heterocycles. The maximum absolute atomic E-state index is 5.72. The van der Waals surface area contributed by atoms with E-state index in [2.05, 4.69) is 43.7 Å². The number of guanidine groups is 1. The third-order valence-corrected chi connectivity index (χ3v) is 6.19. The second-order valence-corrected chi connectivity index (χ2v) is 8.60. The summed E-state index contributed by atoms with van der Waals surface area (Å²) in [5.41, 5.74) is 2.39. The Balaban J connectivity index is 0.00000306. The predicted molar refractivity (Wildman–Crippen MR) is 143 cm³/mol. The SMILES string of the molecule is CN=C(NCc1ccc(OCC2CC2)nc1)NCC(c1ccc(OC)cc1)N1CCCC1.I. The van der Waals surface area contributed by atoms with E-state index in [1.807, 2.05) is 24.4 Å². The molecule has 180 valence electrons. The number of hydrogen-bond acceptors (Lipinski definition) is 5. The summed E-state index contributed by atoms with van der Waals surface area (Å²) in [6.45, 7) is 4.49. The van der Waals surface area contributed by atoms with Crippen LogP contribution in [-0.4, -0.2) is 56.2 Å². The molecule has 7 nitrogen and oxygen atoms in total. The largest absolute Gasteiger partial charge is 0.497 e. The third-order valence-electron chi connectivity index (χ3n) is 6.19. The Morgan fingerprint density at radius 2 is 1.88 bits per heavy atom. The molecule has 0 bridgehead atoms. The lowest BCUT2D eigenvalue weighted by Gasteiger charge is -2.29. The minimum absolute atomic E-state index is 0. The van der Waals surface area contributed by atoms with Gasteiger partial charge in [0.25, 0.3) is 0 Å². The van der Waals surface area contributed by atoms with Gasteiger partial charge in [0.15, 0.2) is 5.96 Å². The van der Waals surface area contributed by atoms with Crippen molar-refractivity contribution in [1.29, 1.82) is 0 Å². The van der Waals surface area contributed by atoms with Gasteiger partial charge in [-0.05, 0) is 68.0 Å². The van der Waals surface area contributed by atoms with Gasteiger partial charge in [-0.3, -0.25) is 9.89 Å². The minimum Gasteiger partial charge on any atom is -0.497 e. The number of aromatic nitrogens is 1. The molecule has 1 atom stereocenters. The van der Waals surface area contributed by atoms with Gasteiger partial charge in [0.2, 0.25) is 5.88 Å². The van der Waals surface area contributed by atoms with Gasteiger partial charge in [-0.1, -0.05) is 18.2 Å². The second-order valence-electron chi connectivity index (χ2n) is 8.60. The topological polar surface area (TPSA) is 71.0 Å². The second kappa shape index (κ2) is 13.0. The lowest BCUT2D eigenvalue weighted by atomic mass is 10.1. The molecule has 33 heavy (non-hydrogen) atoms. The van der Waals surface area contributed by atoms with Gasteiger partial charge in [-0.2, -0.15) is 0 Å². The van der Waals surface area contributed by atoms with E-state index < -0.39 is 0 Å². The molecule has 1 saturated carbocycles. The summed E-state index contributed by atoms with van der Waals surface area (Å²) in [5, 5.41) is 6.92. The fourth-order valence-corrected chi connectivity index (χ4v) is 4.03. The number of nitrogens with zero attached hydrogens (tertiary/aromatic N) is 3. The molecule has 1 unspecified atom stereocenters. The number of rotatable bonds is 10. The van der Waals surface area contributed by atoms with Crippen molar-refractivity contribution in [3.05, 3.63) is 53.7 Å². The van der Waals surface area contributed by atoms with Crippen molar-refractivity contribution >= 4 is 29.9 Å². The number of aliphatic imine (C=N–C) groups is 1. The van der Waals surface area contributed by atoms with E-state index in [0.29, 0.717) is 18.5 Å². The summed E-state index contributed by atoms with van der Waals surface area (Å²) in [4.78, 5) is 11.4. The van der Waals surface area contributed by atoms with Crippen molar-refractivity contribution < 1.29 is 9.47 Å². The zero-order valence-corrected chi connectivity index (χ0v) is 22.0. The molecule has 8 heteroatoms. The van der Waals surface area contributed by atoms with Crippen LogP contribution in [0.4, 0.5) is 0 Å². The summed E-state index contributed by atoms with van der Waals surface area (Å²) < 4.78 is 11.0. The van der Waals surface area contributed by atoms with E-state index in [4.69, 9.17) is 9.47 Å². The van der Waals surface area contributed by atoms with Gasteiger partial charge in [0.1, 0.15) is 5.75 Å². The Hall–Kier alpha value is -2.07. The fraction of sp³-hybridized carbons (Fsp3) is 0.520. The summed E-state index contributed by atoms with van der Waals surface area (Å²) in [6, 6.07) is 12.7. The monoisotopic (exact) mass is 565 g/mol. The average molecular weight is 566 g/mol. The molecular weight excluding hydrogens is 529 g/mol. The number of nitrogens with one attached hydrogen (secondary N) is 2. The molecule has 1 aromatic heterocycles. The normalized spacial score (nSPS) is 17.2. The molecule has 0 spiro atoms.